The molecule has 0 aromatic heterocycles. The van der Waals surface area contributed by atoms with Crippen LogP contribution in [0.15, 0.2) is 0 Å². The number of rotatable bonds is 3. The summed E-state index contributed by atoms with van der Waals surface area (Å²) in [5.41, 5.74) is 0. The maximum Gasteiger partial charge on any atom is 0.132 e. The Hall–Kier alpha value is 0.592. The van der Waals surface area contributed by atoms with Gasteiger partial charge in [0, 0.05) is 17.4 Å². The third-order valence-corrected chi connectivity index (χ3v) is 3.23. The fourth-order valence-corrected chi connectivity index (χ4v) is 1.62. The zero-order valence-electron chi connectivity index (χ0n) is 6.72. The van der Waals surface area contributed by atoms with Crippen LogP contribution in [0.3, 0.4) is 0 Å². The van der Waals surface area contributed by atoms with Gasteiger partial charge in [-0.05, 0) is 13.8 Å². The second kappa shape index (κ2) is 16.3. The van der Waals surface area contributed by atoms with Crippen LogP contribution < -0.4 is 0 Å². The first kappa shape index (κ1) is 16.9. The van der Waals surface area contributed by atoms with E-state index in [1.54, 1.807) is 7.11 Å². The summed E-state index contributed by atoms with van der Waals surface area (Å²) in [6, 6.07) is 0. The van der Waals surface area contributed by atoms with E-state index in [1.165, 1.54) is 12.3 Å². The van der Waals surface area contributed by atoms with Crippen LogP contribution in [0.25, 0.3) is 0 Å². The van der Waals surface area contributed by atoms with Crippen molar-refractivity contribution in [1.82, 2.24) is 0 Å². The Bertz CT molecular complexity index is 45.5. The van der Waals surface area contributed by atoms with Crippen molar-refractivity contribution in [2.24, 2.45) is 0 Å². The number of hydrogen-bond acceptors (Lipinski definition) is 2. The van der Waals surface area contributed by atoms with E-state index in [0.29, 0.717) is 0 Å². The van der Waals surface area contributed by atoms with E-state index >= 15 is 0 Å². The Balaban J connectivity index is -0.000000149. The first-order valence-corrected chi connectivity index (χ1v) is 4.79. The standard InChI is InChI=1S/C5H13OP.CHO.Cr/c1-4-7(5-2)6-3;1-2;/h4-5H2,1-3H3;1H;/q;-1;/p+1. The van der Waals surface area contributed by atoms with Crippen molar-refractivity contribution in [3.05, 3.63) is 0 Å². The average Bonchev–Trinajstić information content (AvgIpc) is 1.96. The summed E-state index contributed by atoms with van der Waals surface area (Å²) in [6.45, 7) is 7.61. The van der Waals surface area contributed by atoms with Crippen molar-refractivity contribution in [3.63, 3.8) is 0 Å². The van der Waals surface area contributed by atoms with Crippen molar-refractivity contribution in [3.8, 4) is 0 Å². The molecule has 0 bridgehead atoms. The molecule has 2 nitrogen and oxygen atoms in total. The van der Waals surface area contributed by atoms with Crippen molar-refractivity contribution in [2.75, 3.05) is 19.4 Å². The fraction of sp³-hybridized carbons (Fsp3) is 0.833. The van der Waals surface area contributed by atoms with E-state index in [4.69, 9.17) is 9.32 Å². The van der Waals surface area contributed by atoms with Gasteiger partial charge >= 0.3 is 0 Å². The van der Waals surface area contributed by atoms with Gasteiger partial charge < -0.3 is 4.79 Å². The van der Waals surface area contributed by atoms with Gasteiger partial charge in [-0.1, -0.05) is 0 Å². The largest absolute Gasteiger partial charge is 0.545 e. The molecule has 0 aliphatic carbocycles. The van der Waals surface area contributed by atoms with Gasteiger partial charge in [0.25, 0.3) is 0 Å². The normalized spacial score (nSPS) is 7.60. The molecule has 0 saturated heterocycles. The van der Waals surface area contributed by atoms with Gasteiger partial charge in [-0.25, -0.2) is 4.52 Å². The average molecular weight is 202 g/mol. The van der Waals surface area contributed by atoms with Crippen molar-refractivity contribution >= 4 is 14.9 Å². The molecular weight excluding hydrogens is 187 g/mol. The van der Waals surface area contributed by atoms with Crippen LogP contribution in [0.4, 0.5) is 0 Å². The summed E-state index contributed by atoms with van der Waals surface area (Å²) < 4.78 is 5.15. The summed E-state index contributed by atoms with van der Waals surface area (Å²) in [7, 11) is 1.44. The predicted octanol–water partition coefficient (Wildman–Crippen LogP) is 1.53. The second-order valence-electron chi connectivity index (χ2n) is 1.45. The van der Waals surface area contributed by atoms with Gasteiger partial charge in [0.05, 0.1) is 19.4 Å². The molecule has 0 heterocycles. The van der Waals surface area contributed by atoms with Crippen molar-refractivity contribution < 1.29 is 26.7 Å². The molecule has 0 N–H and O–H groups in total. The number of carbonyl (C=O) groups excluding carboxylic acids is 1. The molecule has 0 spiro atoms. The smallest absolute Gasteiger partial charge is 0.132 e. The summed E-state index contributed by atoms with van der Waals surface area (Å²) in [5.74, 6) is 0. The van der Waals surface area contributed by atoms with Crippen LogP contribution in [-0.4, -0.2) is 26.2 Å². The van der Waals surface area contributed by atoms with Crippen LogP contribution in [0.2, 0.25) is 0 Å². The second-order valence-corrected chi connectivity index (χ2v) is 4.35. The van der Waals surface area contributed by atoms with Gasteiger partial charge in [-0.2, -0.15) is 0 Å². The molecule has 0 radical (unpaired) electrons. The molecule has 0 rings (SSSR count). The molecule has 62 valence electrons. The van der Waals surface area contributed by atoms with E-state index in [9.17, 15) is 0 Å². The first-order valence-electron chi connectivity index (χ1n) is 2.97. The molecule has 4 heteroatoms. The van der Waals surface area contributed by atoms with Crippen molar-refractivity contribution in [2.45, 2.75) is 13.8 Å². The SMILES string of the molecule is CC[PH+](CC)OC.[CH-]=O.[Cr]. The predicted molar refractivity (Wildman–Crippen MR) is 43.2 cm³/mol. The van der Waals surface area contributed by atoms with E-state index in [1.807, 2.05) is 0 Å². The van der Waals surface area contributed by atoms with Gasteiger partial charge in [-0.15, -0.1) is 0 Å². The van der Waals surface area contributed by atoms with Crippen LogP contribution in [-0.2, 0) is 26.7 Å². The Morgan fingerprint density at radius 3 is 1.60 bits per heavy atom. The quantitative estimate of drug-likeness (QED) is 0.394. The maximum absolute atomic E-state index is 7.75. The molecule has 0 fully saturated rings. The molecule has 0 aliphatic rings. The molecule has 0 atom stereocenters. The van der Waals surface area contributed by atoms with Crippen LogP contribution in [0, 0.1) is 0 Å². The van der Waals surface area contributed by atoms with E-state index < -0.39 is 0 Å². The molecule has 0 amide bonds. The molecule has 0 saturated carbocycles. The molecule has 0 aliphatic heterocycles. The molecule has 0 aromatic carbocycles. The Morgan fingerprint density at radius 2 is 1.60 bits per heavy atom. The van der Waals surface area contributed by atoms with Gasteiger partial charge in [0.15, 0.2) is 0 Å². The Morgan fingerprint density at radius 1 is 1.30 bits per heavy atom. The minimum absolute atomic E-state index is 0. The minimum Gasteiger partial charge on any atom is -0.545 e. The van der Waals surface area contributed by atoms with Crippen LogP contribution in [0.1, 0.15) is 13.8 Å². The zero-order chi connectivity index (χ0) is 7.70. The third-order valence-electron chi connectivity index (χ3n) is 1.08. The van der Waals surface area contributed by atoms with E-state index in [-0.39, 0.29) is 25.5 Å². The molecular formula is C6H15CrO2P. The maximum atomic E-state index is 7.75. The van der Waals surface area contributed by atoms with Crippen molar-refractivity contribution in [1.29, 1.82) is 0 Å². The molecule has 0 aromatic rings. The summed E-state index contributed by atoms with van der Waals surface area (Å²) in [6.07, 6.45) is 2.47. The number of hydrogen-bond donors (Lipinski definition) is 0. The minimum atomic E-state index is -0.363. The van der Waals surface area contributed by atoms with Gasteiger partial charge in [0.2, 0.25) is 0 Å². The summed E-state index contributed by atoms with van der Waals surface area (Å²) in [4.78, 5) is 7.75. The van der Waals surface area contributed by atoms with Crippen LogP contribution in [0.5, 0.6) is 0 Å². The Labute approximate surface area is 75.3 Å². The monoisotopic (exact) mass is 202 g/mol. The van der Waals surface area contributed by atoms with E-state index in [0.717, 1.165) is 0 Å². The summed E-state index contributed by atoms with van der Waals surface area (Å²) in [5, 5.41) is 0. The van der Waals surface area contributed by atoms with E-state index in [2.05, 4.69) is 20.6 Å². The molecule has 10 heavy (non-hydrogen) atoms. The topological polar surface area (TPSA) is 26.3 Å². The summed E-state index contributed by atoms with van der Waals surface area (Å²) >= 11 is 0. The van der Waals surface area contributed by atoms with Gasteiger partial charge in [-0.3, -0.25) is 6.79 Å². The fourth-order valence-electron chi connectivity index (χ4n) is 0.539. The Kier molecular flexibility index (Phi) is 27.6. The third kappa shape index (κ3) is 11.4. The van der Waals surface area contributed by atoms with Gasteiger partial charge in [0.1, 0.15) is 8.15 Å². The molecule has 0 unspecified atom stereocenters. The van der Waals surface area contributed by atoms with Crippen LogP contribution >= 0.6 is 8.15 Å². The first-order chi connectivity index (χ1) is 4.35. The zero-order valence-corrected chi connectivity index (χ0v) is 8.99.